The fourth-order valence-corrected chi connectivity index (χ4v) is 9.91. The Morgan fingerprint density at radius 3 is 2.04 bits per heavy atom. The van der Waals surface area contributed by atoms with Gasteiger partial charge in [0.25, 0.3) is 0 Å². The molecular weight excluding hydrogens is 579 g/mol. The maximum atomic E-state index is 4.81. The van der Waals surface area contributed by atoms with Crippen molar-refractivity contribution in [2.45, 2.75) is 15.2 Å². The van der Waals surface area contributed by atoms with E-state index in [2.05, 4.69) is 149 Å². The number of pyridine rings is 1. The molecule has 1 spiro atoms. The van der Waals surface area contributed by atoms with Gasteiger partial charge in [-0.2, -0.15) is 0 Å². The molecule has 0 radical (unpaired) electrons. The maximum absolute atomic E-state index is 4.81. The Morgan fingerprint density at radius 2 is 1.17 bits per heavy atom. The SMILES string of the molecule is c1ccc(-n2c3ccccc3c3c4c(ccc32)C2(c3ccccc3S4)c3ccccc3-n3c4ccccc4c4cccc2c43)nc1. The van der Waals surface area contributed by atoms with Gasteiger partial charge < -0.3 is 4.57 Å². The number of hydrogen-bond acceptors (Lipinski definition) is 2. The normalized spacial score (nSPS) is 16.3. The lowest BCUT2D eigenvalue weighted by Crippen LogP contribution is -2.37. The van der Waals surface area contributed by atoms with Crippen LogP contribution in [0.5, 0.6) is 0 Å². The van der Waals surface area contributed by atoms with Crippen LogP contribution in [0.2, 0.25) is 0 Å². The smallest absolute Gasteiger partial charge is 0.137 e. The summed E-state index contributed by atoms with van der Waals surface area (Å²) in [4.78, 5) is 7.43. The molecule has 0 saturated heterocycles. The van der Waals surface area contributed by atoms with Gasteiger partial charge in [0, 0.05) is 37.5 Å². The number of hydrogen-bond donors (Lipinski definition) is 0. The van der Waals surface area contributed by atoms with Gasteiger partial charge >= 0.3 is 0 Å². The summed E-state index contributed by atoms with van der Waals surface area (Å²) >= 11 is 1.91. The van der Waals surface area contributed by atoms with Crippen LogP contribution in [-0.4, -0.2) is 14.1 Å². The van der Waals surface area contributed by atoms with Crippen molar-refractivity contribution in [3.05, 3.63) is 174 Å². The molecule has 6 aromatic carbocycles. The second-order valence-corrected chi connectivity index (χ2v) is 13.3. The highest BCUT2D eigenvalue weighted by Crippen LogP contribution is 2.62. The summed E-state index contributed by atoms with van der Waals surface area (Å²) in [5, 5.41) is 5.12. The van der Waals surface area contributed by atoms with Crippen molar-refractivity contribution in [2.75, 3.05) is 0 Å². The molecule has 1 atom stereocenters. The van der Waals surface area contributed by atoms with E-state index in [4.69, 9.17) is 4.98 Å². The lowest BCUT2D eigenvalue weighted by atomic mass is 9.62. The number of para-hydroxylation sites is 4. The molecule has 9 aromatic rings. The zero-order valence-corrected chi connectivity index (χ0v) is 25.5. The standard InChI is InChI=1S/C42H25N3S/c1-5-18-33-26(12-1)27-14-11-17-31-40(27)45(33)35-20-7-3-15-29(35)42(31)30-16-4-8-21-37(30)46-41-32(42)23-24-36-39(41)28-13-2-6-19-34(28)44(36)38-22-9-10-25-43-38/h1-25H. The molecule has 214 valence electrons. The average molecular weight is 604 g/mol. The van der Waals surface area contributed by atoms with Crippen LogP contribution < -0.4 is 0 Å². The van der Waals surface area contributed by atoms with Crippen LogP contribution in [0, 0.1) is 0 Å². The van der Waals surface area contributed by atoms with Crippen LogP contribution in [0.1, 0.15) is 22.3 Å². The summed E-state index contributed by atoms with van der Waals surface area (Å²) in [6, 6.07) is 53.7. The van der Waals surface area contributed by atoms with Crippen LogP contribution >= 0.6 is 11.8 Å². The summed E-state index contributed by atoms with van der Waals surface area (Å²) in [5.41, 5.74) is 11.0. The minimum absolute atomic E-state index is 0.500. The summed E-state index contributed by atoms with van der Waals surface area (Å²) < 4.78 is 4.84. The van der Waals surface area contributed by atoms with Gasteiger partial charge in [0.1, 0.15) is 5.82 Å². The largest absolute Gasteiger partial charge is 0.309 e. The third-order valence-corrected chi connectivity index (χ3v) is 11.4. The third kappa shape index (κ3) is 2.85. The van der Waals surface area contributed by atoms with Gasteiger partial charge in [-0.25, -0.2) is 4.98 Å². The van der Waals surface area contributed by atoms with Gasteiger partial charge in [-0.15, -0.1) is 0 Å². The van der Waals surface area contributed by atoms with E-state index in [1.807, 2.05) is 24.0 Å². The molecule has 1 unspecified atom stereocenters. The Kier molecular flexibility index (Phi) is 4.71. The van der Waals surface area contributed by atoms with Crippen molar-refractivity contribution in [1.82, 2.24) is 14.1 Å². The molecule has 0 fully saturated rings. The molecule has 0 amide bonds. The highest BCUT2D eigenvalue weighted by molar-refractivity contribution is 7.99. The molecule has 2 aliphatic heterocycles. The Labute approximate surface area is 269 Å². The summed E-state index contributed by atoms with van der Waals surface area (Å²) in [6.45, 7) is 0. The maximum Gasteiger partial charge on any atom is 0.137 e. The fraction of sp³-hybridized carbons (Fsp3) is 0.0238. The molecule has 0 bridgehead atoms. The van der Waals surface area contributed by atoms with Gasteiger partial charge in [-0.3, -0.25) is 4.57 Å². The van der Waals surface area contributed by atoms with Gasteiger partial charge in [0.15, 0.2) is 0 Å². The van der Waals surface area contributed by atoms with Crippen LogP contribution in [0.15, 0.2) is 162 Å². The number of nitrogens with zero attached hydrogens (tertiary/aromatic N) is 3. The second kappa shape index (κ2) is 8.78. The molecule has 3 aromatic heterocycles. The van der Waals surface area contributed by atoms with Gasteiger partial charge in [-0.05, 0) is 64.7 Å². The average Bonchev–Trinajstić information content (AvgIpc) is 3.65. The Bertz CT molecular complexity index is 2740. The first-order valence-electron chi connectivity index (χ1n) is 15.7. The lowest BCUT2D eigenvalue weighted by Gasteiger charge is -2.45. The first kappa shape index (κ1) is 24.7. The quantitative estimate of drug-likeness (QED) is 0.186. The molecule has 5 heterocycles. The zero-order valence-electron chi connectivity index (χ0n) is 24.7. The fourth-order valence-electron chi connectivity index (χ4n) is 8.57. The van der Waals surface area contributed by atoms with Gasteiger partial charge in [0.2, 0.25) is 0 Å². The number of rotatable bonds is 1. The van der Waals surface area contributed by atoms with E-state index in [0.29, 0.717) is 0 Å². The van der Waals surface area contributed by atoms with E-state index < -0.39 is 5.41 Å². The predicted molar refractivity (Wildman–Crippen MR) is 189 cm³/mol. The molecule has 0 aliphatic carbocycles. The zero-order chi connectivity index (χ0) is 30.0. The van der Waals surface area contributed by atoms with Crippen LogP contribution in [0.3, 0.4) is 0 Å². The Morgan fingerprint density at radius 1 is 0.478 bits per heavy atom. The predicted octanol–water partition coefficient (Wildman–Crippen LogP) is 10.4. The first-order chi connectivity index (χ1) is 22.9. The summed E-state index contributed by atoms with van der Waals surface area (Å²) in [7, 11) is 0. The van der Waals surface area contributed by atoms with Crippen molar-refractivity contribution >= 4 is 55.4 Å². The van der Waals surface area contributed by atoms with Crippen molar-refractivity contribution in [3.8, 4) is 11.5 Å². The molecule has 46 heavy (non-hydrogen) atoms. The van der Waals surface area contributed by atoms with Gasteiger partial charge in [0.05, 0.1) is 33.2 Å². The van der Waals surface area contributed by atoms with Crippen molar-refractivity contribution < 1.29 is 0 Å². The Balaban J connectivity index is 1.37. The van der Waals surface area contributed by atoms with Crippen LogP contribution in [-0.2, 0) is 5.41 Å². The molecule has 0 N–H and O–H groups in total. The minimum Gasteiger partial charge on any atom is -0.309 e. The van der Waals surface area contributed by atoms with Gasteiger partial charge in [-0.1, -0.05) is 115 Å². The van der Waals surface area contributed by atoms with Crippen LogP contribution in [0.4, 0.5) is 0 Å². The highest BCUT2D eigenvalue weighted by atomic mass is 32.2. The van der Waals surface area contributed by atoms with Crippen molar-refractivity contribution in [3.63, 3.8) is 0 Å². The van der Waals surface area contributed by atoms with Crippen LogP contribution in [0.25, 0.3) is 55.1 Å². The second-order valence-electron chi connectivity index (χ2n) is 12.3. The number of benzene rings is 6. The first-order valence-corrected chi connectivity index (χ1v) is 16.6. The Hall–Kier alpha value is -5.58. The van der Waals surface area contributed by atoms with E-state index in [1.54, 1.807) is 0 Å². The lowest BCUT2D eigenvalue weighted by molar-refractivity contribution is 0.692. The molecule has 11 rings (SSSR count). The molecule has 2 aliphatic rings. The molecule has 3 nitrogen and oxygen atoms in total. The third-order valence-electron chi connectivity index (χ3n) is 10.2. The van der Waals surface area contributed by atoms with E-state index in [1.165, 1.54) is 81.3 Å². The monoisotopic (exact) mass is 603 g/mol. The van der Waals surface area contributed by atoms with E-state index in [0.717, 1.165) is 5.82 Å². The number of aromatic nitrogens is 3. The van der Waals surface area contributed by atoms with Crippen molar-refractivity contribution in [1.29, 1.82) is 0 Å². The molecule has 0 saturated carbocycles. The van der Waals surface area contributed by atoms with E-state index in [-0.39, 0.29) is 0 Å². The van der Waals surface area contributed by atoms with E-state index in [9.17, 15) is 0 Å². The summed E-state index contributed by atoms with van der Waals surface area (Å²) in [6.07, 6.45) is 1.88. The van der Waals surface area contributed by atoms with Crippen molar-refractivity contribution in [2.24, 2.45) is 0 Å². The minimum atomic E-state index is -0.500. The molecule has 4 heteroatoms. The van der Waals surface area contributed by atoms with E-state index >= 15 is 0 Å². The topological polar surface area (TPSA) is 22.8 Å². The molecular formula is C42H25N3S. The summed E-state index contributed by atoms with van der Waals surface area (Å²) in [5.74, 6) is 0.932. The number of fused-ring (bicyclic) bond motifs is 15. The highest BCUT2D eigenvalue weighted by Gasteiger charge is 2.49.